The van der Waals surface area contributed by atoms with E-state index in [-0.39, 0.29) is 17.3 Å². The second-order valence-corrected chi connectivity index (χ2v) is 6.37. The summed E-state index contributed by atoms with van der Waals surface area (Å²) in [5.41, 5.74) is 11.2. The van der Waals surface area contributed by atoms with Crippen molar-refractivity contribution < 1.29 is 14.5 Å². The van der Waals surface area contributed by atoms with Gasteiger partial charge in [-0.25, -0.2) is 10.9 Å². The van der Waals surface area contributed by atoms with Crippen LogP contribution in [0.3, 0.4) is 0 Å². The van der Waals surface area contributed by atoms with E-state index in [1.165, 1.54) is 18.2 Å². The number of nitro benzene ring substituents is 1. The lowest BCUT2D eigenvalue weighted by molar-refractivity contribution is -0.384. The van der Waals surface area contributed by atoms with Crippen molar-refractivity contribution in [2.45, 2.75) is 18.5 Å². The van der Waals surface area contributed by atoms with Crippen molar-refractivity contribution in [1.82, 2.24) is 21.7 Å². The zero-order valence-corrected chi connectivity index (χ0v) is 14.7. The SMILES string of the molecule is O=C(NNC(=O)C1CC(c2cccc(Cl)c2)NN1)c1cccc([N+](=O)[O-])c1. The van der Waals surface area contributed by atoms with E-state index >= 15 is 0 Å². The summed E-state index contributed by atoms with van der Waals surface area (Å²) in [6.07, 6.45) is 0.457. The molecule has 2 unspecified atom stereocenters. The van der Waals surface area contributed by atoms with Crippen molar-refractivity contribution in [2.75, 3.05) is 0 Å². The molecule has 0 bridgehead atoms. The van der Waals surface area contributed by atoms with E-state index in [1.54, 1.807) is 6.07 Å². The summed E-state index contributed by atoms with van der Waals surface area (Å²) >= 11 is 5.98. The Balaban J connectivity index is 1.54. The van der Waals surface area contributed by atoms with Gasteiger partial charge < -0.3 is 0 Å². The summed E-state index contributed by atoms with van der Waals surface area (Å²) in [7, 11) is 0. The number of nitro groups is 1. The highest BCUT2D eigenvalue weighted by atomic mass is 35.5. The van der Waals surface area contributed by atoms with Gasteiger partial charge in [0.25, 0.3) is 17.5 Å². The Hall–Kier alpha value is -3.01. The summed E-state index contributed by atoms with van der Waals surface area (Å²) in [6, 6.07) is 11.8. The Kier molecular flexibility index (Phi) is 5.65. The Morgan fingerprint density at radius 1 is 1.11 bits per heavy atom. The molecule has 1 saturated heterocycles. The van der Waals surface area contributed by atoms with Crippen LogP contribution in [0.4, 0.5) is 5.69 Å². The topological polar surface area (TPSA) is 125 Å². The van der Waals surface area contributed by atoms with Gasteiger partial charge in [-0.05, 0) is 30.2 Å². The van der Waals surface area contributed by atoms with Crippen molar-refractivity contribution in [3.63, 3.8) is 0 Å². The highest BCUT2D eigenvalue weighted by molar-refractivity contribution is 6.30. The van der Waals surface area contributed by atoms with Crippen molar-refractivity contribution in [3.05, 3.63) is 74.8 Å². The Morgan fingerprint density at radius 2 is 1.89 bits per heavy atom. The van der Waals surface area contributed by atoms with E-state index in [4.69, 9.17) is 11.6 Å². The summed E-state index contributed by atoms with van der Waals surface area (Å²) in [4.78, 5) is 34.5. The van der Waals surface area contributed by atoms with Crippen LogP contribution in [0.15, 0.2) is 48.5 Å². The minimum Gasteiger partial charge on any atom is -0.271 e. The first kappa shape index (κ1) is 18.8. The zero-order chi connectivity index (χ0) is 19.4. The first-order valence-electron chi connectivity index (χ1n) is 8.05. The lowest BCUT2D eigenvalue weighted by Gasteiger charge is -2.12. The molecule has 27 heavy (non-hydrogen) atoms. The van der Waals surface area contributed by atoms with Crippen LogP contribution in [0.2, 0.25) is 5.02 Å². The molecule has 2 atom stereocenters. The van der Waals surface area contributed by atoms with E-state index in [0.717, 1.165) is 11.6 Å². The molecule has 3 rings (SSSR count). The maximum absolute atomic E-state index is 12.2. The van der Waals surface area contributed by atoms with Crippen LogP contribution in [0.5, 0.6) is 0 Å². The van der Waals surface area contributed by atoms with Gasteiger partial charge in [-0.1, -0.05) is 29.8 Å². The zero-order valence-electron chi connectivity index (χ0n) is 13.9. The summed E-state index contributed by atoms with van der Waals surface area (Å²) in [5.74, 6) is -1.09. The van der Waals surface area contributed by atoms with Gasteiger partial charge in [-0.3, -0.25) is 30.6 Å². The van der Waals surface area contributed by atoms with Crippen LogP contribution in [0.25, 0.3) is 0 Å². The number of halogens is 1. The van der Waals surface area contributed by atoms with Gasteiger partial charge in [0, 0.05) is 28.8 Å². The highest BCUT2D eigenvalue weighted by Gasteiger charge is 2.30. The van der Waals surface area contributed by atoms with Crippen LogP contribution in [0.1, 0.15) is 28.4 Å². The number of hydrogen-bond acceptors (Lipinski definition) is 6. The molecule has 2 amide bonds. The van der Waals surface area contributed by atoms with Crippen molar-refractivity contribution >= 4 is 29.1 Å². The average molecular weight is 390 g/mol. The van der Waals surface area contributed by atoms with E-state index < -0.39 is 22.8 Å². The quantitative estimate of drug-likeness (QED) is 0.465. The number of benzene rings is 2. The molecule has 2 aromatic carbocycles. The van der Waals surface area contributed by atoms with Crippen LogP contribution >= 0.6 is 11.6 Å². The van der Waals surface area contributed by atoms with Gasteiger partial charge in [-0.2, -0.15) is 0 Å². The molecule has 140 valence electrons. The fraction of sp³-hybridized carbons (Fsp3) is 0.176. The Bertz CT molecular complexity index is 891. The number of nitrogens with one attached hydrogen (secondary N) is 4. The number of hydrazine groups is 2. The third-order valence-electron chi connectivity index (χ3n) is 4.09. The van der Waals surface area contributed by atoms with Gasteiger partial charge in [-0.15, -0.1) is 0 Å². The number of rotatable bonds is 4. The molecule has 0 spiro atoms. The Labute approximate surface area is 159 Å². The molecular weight excluding hydrogens is 374 g/mol. The molecule has 0 aromatic heterocycles. The van der Waals surface area contributed by atoms with Gasteiger partial charge in [0.2, 0.25) is 0 Å². The first-order chi connectivity index (χ1) is 12.9. The molecular formula is C17H16ClN5O4. The number of carbonyl (C=O) groups excluding carboxylic acids is 2. The lowest BCUT2D eigenvalue weighted by atomic mass is 10.0. The minimum absolute atomic E-state index is 0.0683. The molecule has 4 N–H and O–H groups in total. The predicted octanol–water partition coefficient (Wildman–Crippen LogP) is 1.62. The molecule has 1 aliphatic heterocycles. The summed E-state index contributed by atoms with van der Waals surface area (Å²) in [6.45, 7) is 0. The van der Waals surface area contributed by atoms with Crippen LogP contribution in [0, 0.1) is 10.1 Å². The monoisotopic (exact) mass is 389 g/mol. The third-order valence-corrected chi connectivity index (χ3v) is 4.32. The molecule has 0 radical (unpaired) electrons. The number of amides is 2. The maximum Gasteiger partial charge on any atom is 0.270 e. The summed E-state index contributed by atoms with van der Waals surface area (Å²) < 4.78 is 0. The molecule has 2 aromatic rings. The lowest BCUT2D eigenvalue weighted by Crippen LogP contribution is -2.50. The molecule has 10 heteroatoms. The second-order valence-electron chi connectivity index (χ2n) is 5.94. The number of non-ortho nitro benzene ring substituents is 1. The smallest absolute Gasteiger partial charge is 0.270 e. The fourth-order valence-corrected chi connectivity index (χ4v) is 2.91. The van der Waals surface area contributed by atoms with E-state index in [0.29, 0.717) is 11.4 Å². The van der Waals surface area contributed by atoms with Crippen LogP contribution in [-0.2, 0) is 4.79 Å². The van der Waals surface area contributed by atoms with Crippen LogP contribution < -0.4 is 21.7 Å². The molecule has 9 nitrogen and oxygen atoms in total. The molecule has 1 heterocycles. The average Bonchev–Trinajstić information content (AvgIpc) is 3.16. The number of carbonyl (C=O) groups is 2. The number of nitrogens with zero attached hydrogens (tertiary/aromatic N) is 1. The Morgan fingerprint density at radius 3 is 2.63 bits per heavy atom. The third kappa shape index (κ3) is 4.59. The van der Waals surface area contributed by atoms with E-state index in [2.05, 4.69) is 21.7 Å². The van der Waals surface area contributed by atoms with E-state index in [1.807, 2.05) is 18.2 Å². The fourth-order valence-electron chi connectivity index (χ4n) is 2.71. The molecule has 1 aliphatic rings. The molecule has 1 fully saturated rings. The van der Waals surface area contributed by atoms with Gasteiger partial charge in [0.1, 0.15) is 6.04 Å². The normalized spacial score (nSPS) is 18.7. The summed E-state index contributed by atoms with van der Waals surface area (Å²) in [5, 5.41) is 11.4. The molecule has 0 saturated carbocycles. The van der Waals surface area contributed by atoms with Crippen molar-refractivity contribution in [1.29, 1.82) is 0 Å². The first-order valence-corrected chi connectivity index (χ1v) is 8.43. The van der Waals surface area contributed by atoms with Crippen LogP contribution in [-0.4, -0.2) is 22.8 Å². The van der Waals surface area contributed by atoms with Crippen molar-refractivity contribution in [2.24, 2.45) is 0 Å². The predicted molar refractivity (Wildman–Crippen MR) is 97.6 cm³/mol. The standard InChI is InChI=1S/C17H16ClN5O4/c18-12-5-1-3-10(7-12)14-9-15(20-19-14)17(25)22-21-16(24)11-4-2-6-13(8-11)23(26)27/h1-8,14-15,19-20H,9H2,(H,21,24)(H,22,25). The van der Waals surface area contributed by atoms with E-state index in [9.17, 15) is 19.7 Å². The largest absolute Gasteiger partial charge is 0.271 e. The minimum atomic E-state index is -0.649. The second kappa shape index (κ2) is 8.12. The van der Waals surface area contributed by atoms with Crippen molar-refractivity contribution in [3.8, 4) is 0 Å². The highest BCUT2D eigenvalue weighted by Crippen LogP contribution is 2.24. The number of hydrogen-bond donors (Lipinski definition) is 4. The maximum atomic E-state index is 12.2. The molecule has 0 aliphatic carbocycles. The van der Waals surface area contributed by atoms with Gasteiger partial charge >= 0.3 is 0 Å². The van der Waals surface area contributed by atoms with Gasteiger partial charge in [0.15, 0.2) is 0 Å². The van der Waals surface area contributed by atoms with Gasteiger partial charge in [0.05, 0.1) is 4.92 Å².